The summed E-state index contributed by atoms with van der Waals surface area (Å²) < 4.78 is 0. The van der Waals surface area contributed by atoms with Crippen LogP contribution in [0.5, 0.6) is 0 Å². The highest BCUT2D eigenvalue weighted by Crippen LogP contribution is 2.67. The predicted molar refractivity (Wildman–Crippen MR) is 77.1 cm³/mol. The molecule has 1 rings (SSSR count). The van der Waals surface area contributed by atoms with Gasteiger partial charge in [-0.3, -0.25) is 0 Å². The summed E-state index contributed by atoms with van der Waals surface area (Å²) in [6.45, 7) is 22.2. The summed E-state index contributed by atoms with van der Waals surface area (Å²) in [5, 5.41) is 5.18. The summed E-state index contributed by atoms with van der Waals surface area (Å²) in [5.41, 5.74) is -0.553. The van der Waals surface area contributed by atoms with Gasteiger partial charge in [0.1, 0.15) is 0 Å². The van der Waals surface area contributed by atoms with Gasteiger partial charge in [-0.25, -0.2) is 5.01 Å². The molecule has 0 radical (unpaired) electrons. The molecule has 0 amide bonds. The minimum absolute atomic E-state index is 0.0348. The summed E-state index contributed by atoms with van der Waals surface area (Å²) in [7, 11) is 0. The van der Waals surface area contributed by atoms with E-state index in [4.69, 9.17) is 0 Å². The van der Waals surface area contributed by atoms with E-state index < -0.39 is 0 Å². The molecule has 1 heterocycles. The molecule has 3 heteroatoms. The number of hydrogen-bond acceptors (Lipinski definition) is 2. The average Bonchev–Trinajstić information content (AvgIpc) is 2.15. The Morgan fingerprint density at radius 2 is 0.889 bits per heavy atom. The summed E-state index contributed by atoms with van der Waals surface area (Å²) in [6.07, 6.45) is 0. The Labute approximate surface area is 112 Å². The van der Waals surface area contributed by atoms with E-state index in [0.29, 0.717) is 0 Å². The van der Waals surface area contributed by atoms with Crippen LogP contribution in [0.4, 0.5) is 0 Å². The second-order valence-electron chi connectivity index (χ2n) is 8.39. The van der Waals surface area contributed by atoms with E-state index in [1.807, 2.05) is 0 Å². The van der Waals surface area contributed by atoms with Gasteiger partial charge in [-0.2, -0.15) is 0 Å². The molecule has 0 aliphatic carbocycles. The molecule has 0 aromatic heterocycles. The van der Waals surface area contributed by atoms with Gasteiger partial charge in [0, 0.05) is 0 Å². The van der Waals surface area contributed by atoms with Crippen molar-refractivity contribution in [1.29, 1.82) is 0 Å². The van der Waals surface area contributed by atoms with Gasteiger partial charge in [0.15, 0.2) is 0 Å². The molecule has 0 spiro atoms. The second-order valence-corrected chi connectivity index (χ2v) is 8.39. The zero-order valence-corrected chi connectivity index (χ0v) is 13.8. The molecule has 18 heavy (non-hydrogen) atoms. The number of nitrogens with zero attached hydrogens (tertiary/aromatic N) is 2. The van der Waals surface area contributed by atoms with Crippen molar-refractivity contribution in [3.63, 3.8) is 0 Å². The van der Waals surface area contributed by atoms with Crippen LogP contribution in [-0.4, -0.2) is 16.1 Å². The Morgan fingerprint density at radius 1 is 0.611 bits per heavy atom. The summed E-state index contributed by atoms with van der Waals surface area (Å²) in [5.74, 6) is 0. The average molecular weight is 254 g/mol. The molecular formula is C15H30N2O. The second kappa shape index (κ2) is 3.49. The van der Waals surface area contributed by atoms with Crippen molar-refractivity contribution in [2.45, 2.75) is 80.3 Å². The number of nitroso groups, excluding NO2 is 1. The van der Waals surface area contributed by atoms with Gasteiger partial charge >= 0.3 is 0 Å². The highest BCUT2D eigenvalue weighted by molar-refractivity contribution is 5.18. The standard InChI is InChI=1S/C15H30N2O/c1-11(2)12(3,4)14(7,8)17(16-18)15(9,10)13(11,5)6/h1-10H3. The van der Waals surface area contributed by atoms with Gasteiger partial charge in [0.05, 0.1) is 16.4 Å². The van der Waals surface area contributed by atoms with Crippen molar-refractivity contribution in [2.75, 3.05) is 0 Å². The Balaban J connectivity index is 3.64. The van der Waals surface area contributed by atoms with E-state index in [-0.39, 0.29) is 27.3 Å². The lowest BCUT2D eigenvalue weighted by molar-refractivity contribution is -0.247. The Hall–Kier alpha value is -0.600. The van der Waals surface area contributed by atoms with Gasteiger partial charge in [0.25, 0.3) is 0 Å². The molecule has 0 bridgehead atoms. The molecular weight excluding hydrogens is 224 g/mol. The van der Waals surface area contributed by atoms with Gasteiger partial charge in [-0.15, -0.1) is 4.91 Å². The zero-order valence-electron chi connectivity index (χ0n) is 13.8. The normalized spacial score (nSPS) is 30.9. The van der Waals surface area contributed by atoms with E-state index >= 15 is 0 Å². The monoisotopic (exact) mass is 254 g/mol. The lowest BCUT2D eigenvalue weighted by Gasteiger charge is -2.72. The highest BCUT2D eigenvalue weighted by Gasteiger charge is 2.68. The van der Waals surface area contributed by atoms with Crippen LogP contribution in [0.3, 0.4) is 0 Å². The highest BCUT2D eigenvalue weighted by atomic mass is 16.3. The van der Waals surface area contributed by atoms with Gasteiger partial charge in [-0.1, -0.05) is 41.5 Å². The lowest BCUT2D eigenvalue weighted by Crippen LogP contribution is -2.76. The maximum atomic E-state index is 11.5. The smallest absolute Gasteiger partial charge is 0.0617 e. The van der Waals surface area contributed by atoms with E-state index in [1.54, 1.807) is 5.01 Å². The molecule has 0 unspecified atom stereocenters. The maximum absolute atomic E-state index is 11.5. The van der Waals surface area contributed by atoms with Crippen LogP contribution in [-0.2, 0) is 0 Å². The molecule has 1 aliphatic rings. The van der Waals surface area contributed by atoms with Crippen molar-refractivity contribution in [3.05, 3.63) is 4.91 Å². The van der Waals surface area contributed by atoms with E-state index in [2.05, 4.69) is 74.5 Å². The molecule has 0 aromatic carbocycles. The fourth-order valence-corrected chi connectivity index (χ4v) is 3.74. The van der Waals surface area contributed by atoms with Gasteiger partial charge in [-0.05, 0) is 43.9 Å². The predicted octanol–water partition coefficient (Wildman–Crippen LogP) is 4.62. The third-order valence-electron chi connectivity index (χ3n) is 7.32. The zero-order chi connectivity index (χ0) is 14.8. The van der Waals surface area contributed by atoms with Crippen LogP contribution in [0.25, 0.3) is 0 Å². The van der Waals surface area contributed by atoms with Crippen molar-refractivity contribution in [1.82, 2.24) is 5.01 Å². The van der Waals surface area contributed by atoms with Gasteiger partial charge in [0.2, 0.25) is 0 Å². The first kappa shape index (κ1) is 15.5. The van der Waals surface area contributed by atoms with E-state index in [1.165, 1.54) is 0 Å². The van der Waals surface area contributed by atoms with Crippen LogP contribution in [0.15, 0.2) is 5.29 Å². The molecule has 3 nitrogen and oxygen atoms in total. The Morgan fingerprint density at radius 3 is 1.11 bits per heavy atom. The number of rotatable bonds is 1. The fourth-order valence-electron chi connectivity index (χ4n) is 3.74. The third-order valence-corrected chi connectivity index (χ3v) is 7.32. The summed E-state index contributed by atoms with van der Waals surface area (Å²) in [4.78, 5) is 11.5. The molecule has 1 saturated heterocycles. The molecule has 1 fully saturated rings. The SMILES string of the molecule is CC1(C)N(N=O)C(C)(C)C(C)(C)C(C)(C)C1(C)C. The molecule has 0 aromatic rings. The van der Waals surface area contributed by atoms with Crippen molar-refractivity contribution in [3.8, 4) is 0 Å². The molecule has 0 N–H and O–H groups in total. The molecule has 1 aliphatic heterocycles. The van der Waals surface area contributed by atoms with Crippen LogP contribution in [0, 0.1) is 21.2 Å². The minimum atomic E-state index is -0.280. The third kappa shape index (κ3) is 1.31. The molecule has 0 saturated carbocycles. The maximum Gasteiger partial charge on any atom is 0.0617 e. The van der Waals surface area contributed by atoms with Crippen LogP contribution < -0.4 is 0 Å². The van der Waals surface area contributed by atoms with Crippen LogP contribution >= 0.6 is 0 Å². The van der Waals surface area contributed by atoms with E-state index in [9.17, 15) is 4.91 Å². The summed E-state index contributed by atoms with van der Waals surface area (Å²) >= 11 is 0. The fraction of sp³-hybridized carbons (Fsp3) is 1.00. The van der Waals surface area contributed by atoms with Crippen molar-refractivity contribution in [2.24, 2.45) is 21.5 Å². The first-order valence-corrected chi connectivity index (χ1v) is 6.83. The Kier molecular flexibility index (Phi) is 2.99. The Bertz CT molecular complexity index is 335. The lowest BCUT2D eigenvalue weighted by atomic mass is 9.42. The first-order chi connectivity index (χ1) is 7.69. The largest absolute Gasteiger partial charge is 0.249 e. The van der Waals surface area contributed by atoms with Gasteiger partial charge < -0.3 is 0 Å². The molecule has 106 valence electrons. The minimum Gasteiger partial charge on any atom is -0.249 e. The summed E-state index contributed by atoms with van der Waals surface area (Å²) in [6, 6.07) is 0. The number of hydrogen-bond donors (Lipinski definition) is 0. The molecule has 0 atom stereocenters. The van der Waals surface area contributed by atoms with Crippen LogP contribution in [0.1, 0.15) is 69.2 Å². The van der Waals surface area contributed by atoms with Crippen molar-refractivity contribution < 1.29 is 0 Å². The van der Waals surface area contributed by atoms with Crippen molar-refractivity contribution >= 4 is 0 Å². The van der Waals surface area contributed by atoms with Crippen LogP contribution in [0.2, 0.25) is 0 Å². The number of piperidine rings is 1. The first-order valence-electron chi connectivity index (χ1n) is 6.83. The quantitative estimate of drug-likeness (QED) is 0.640. The van der Waals surface area contributed by atoms with E-state index in [0.717, 1.165) is 0 Å². The topological polar surface area (TPSA) is 32.7 Å².